The molecule has 0 spiro atoms. The number of halogens is 2. The molecule has 1 aromatic rings. The minimum atomic E-state index is -0.0836. The molecule has 0 atom stereocenters. The Kier molecular flexibility index (Phi) is 4.30. The number of hydrogen-bond acceptors (Lipinski definition) is 2. The average Bonchev–Trinajstić information content (AvgIpc) is 2.14. The van der Waals surface area contributed by atoms with Crippen LogP contribution >= 0.6 is 23.2 Å². The summed E-state index contributed by atoms with van der Waals surface area (Å²) in [5.74, 6) is -0.0836. The van der Waals surface area contributed by atoms with Gasteiger partial charge in [0.15, 0.2) is 5.78 Å². The first-order chi connectivity index (χ1) is 7.00. The molecular formula is C11H11Cl2NO. The van der Waals surface area contributed by atoms with Crippen LogP contribution in [0.25, 0.3) is 0 Å². The van der Waals surface area contributed by atoms with E-state index in [1.165, 1.54) is 12.3 Å². The number of carbonyl (C=O) groups is 1. The van der Waals surface area contributed by atoms with E-state index in [2.05, 4.69) is 11.6 Å². The lowest BCUT2D eigenvalue weighted by molar-refractivity contribution is 0.0978. The number of carbonyl (C=O) groups excluding carboxylic acids is 1. The van der Waals surface area contributed by atoms with E-state index in [0.717, 1.165) is 5.57 Å². The average molecular weight is 244 g/mol. The Bertz CT molecular complexity index is 402. The molecule has 1 rings (SSSR count). The summed E-state index contributed by atoms with van der Waals surface area (Å²) in [5.41, 5.74) is 1.25. The van der Waals surface area contributed by atoms with Crippen LogP contribution in [0.4, 0.5) is 0 Å². The van der Waals surface area contributed by atoms with Crippen molar-refractivity contribution in [3.05, 3.63) is 40.2 Å². The maximum atomic E-state index is 11.7. The van der Waals surface area contributed by atoms with Crippen molar-refractivity contribution in [2.45, 2.75) is 19.8 Å². The Labute approximate surface area is 98.9 Å². The maximum absolute atomic E-state index is 11.7. The van der Waals surface area contributed by atoms with Crippen LogP contribution < -0.4 is 0 Å². The molecule has 80 valence electrons. The van der Waals surface area contributed by atoms with Crippen LogP contribution in [0.1, 0.15) is 30.3 Å². The molecule has 0 aliphatic carbocycles. The van der Waals surface area contributed by atoms with Crippen LogP contribution in [0.2, 0.25) is 10.0 Å². The fraction of sp³-hybridized carbons (Fsp3) is 0.273. The summed E-state index contributed by atoms with van der Waals surface area (Å²) in [5, 5.41) is 0.727. The third-order valence-corrected chi connectivity index (χ3v) is 2.35. The summed E-state index contributed by atoms with van der Waals surface area (Å²) in [6.45, 7) is 5.61. The fourth-order valence-corrected chi connectivity index (χ4v) is 1.55. The summed E-state index contributed by atoms with van der Waals surface area (Å²) in [6, 6.07) is 1.52. The lowest BCUT2D eigenvalue weighted by atomic mass is 10.1. The van der Waals surface area contributed by atoms with Gasteiger partial charge in [-0.05, 0) is 19.4 Å². The fourth-order valence-electron chi connectivity index (χ4n) is 1.07. The van der Waals surface area contributed by atoms with Crippen LogP contribution in [0.3, 0.4) is 0 Å². The van der Waals surface area contributed by atoms with Crippen molar-refractivity contribution < 1.29 is 4.79 Å². The monoisotopic (exact) mass is 243 g/mol. The van der Waals surface area contributed by atoms with E-state index in [4.69, 9.17) is 23.2 Å². The molecule has 0 amide bonds. The molecule has 0 N–H and O–H groups in total. The first kappa shape index (κ1) is 12.2. The molecule has 0 radical (unpaired) electrons. The number of rotatable bonds is 4. The third kappa shape index (κ3) is 3.65. The van der Waals surface area contributed by atoms with Gasteiger partial charge in [0, 0.05) is 12.6 Å². The van der Waals surface area contributed by atoms with Crippen molar-refractivity contribution in [1.29, 1.82) is 0 Å². The number of ketones is 1. The predicted molar refractivity (Wildman–Crippen MR) is 62.6 cm³/mol. The molecular weight excluding hydrogens is 233 g/mol. The Morgan fingerprint density at radius 3 is 2.67 bits per heavy atom. The van der Waals surface area contributed by atoms with Crippen molar-refractivity contribution in [2.75, 3.05) is 0 Å². The van der Waals surface area contributed by atoms with Gasteiger partial charge in [-0.15, -0.1) is 6.58 Å². The second-order valence-corrected chi connectivity index (χ2v) is 4.21. The summed E-state index contributed by atoms with van der Waals surface area (Å²) in [6.07, 6.45) is 2.45. The first-order valence-electron chi connectivity index (χ1n) is 4.49. The number of allylic oxidation sites excluding steroid dienone is 1. The number of nitrogens with zero attached hydrogens (tertiary/aromatic N) is 1. The molecule has 0 bridgehead atoms. The molecule has 0 aliphatic heterocycles. The van der Waals surface area contributed by atoms with E-state index in [9.17, 15) is 4.79 Å². The van der Waals surface area contributed by atoms with E-state index in [-0.39, 0.29) is 11.5 Å². The highest BCUT2D eigenvalue weighted by Gasteiger charge is 2.12. The molecule has 2 nitrogen and oxygen atoms in total. The van der Waals surface area contributed by atoms with Crippen LogP contribution in [-0.4, -0.2) is 10.8 Å². The Morgan fingerprint density at radius 1 is 1.47 bits per heavy atom. The molecule has 0 aromatic carbocycles. The second kappa shape index (κ2) is 5.29. The highest BCUT2D eigenvalue weighted by Crippen LogP contribution is 2.20. The second-order valence-electron chi connectivity index (χ2n) is 3.36. The van der Waals surface area contributed by atoms with E-state index >= 15 is 0 Å². The lowest BCUT2D eigenvalue weighted by Crippen LogP contribution is -2.03. The van der Waals surface area contributed by atoms with Gasteiger partial charge in [0.1, 0.15) is 5.69 Å². The Balaban J connectivity index is 2.78. The molecule has 1 heterocycles. The molecule has 4 heteroatoms. The van der Waals surface area contributed by atoms with Gasteiger partial charge in [0.25, 0.3) is 0 Å². The zero-order chi connectivity index (χ0) is 11.4. The SMILES string of the molecule is C=C(C)CCC(=O)c1ncc(Cl)cc1Cl. The predicted octanol–water partition coefficient (Wildman–Crippen LogP) is 3.93. The van der Waals surface area contributed by atoms with Crippen LogP contribution in [0.15, 0.2) is 24.4 Å². The van der Waals surface area contributed by atoms with Crippen molar-refractivity contribution in [3.8, 4) is 0 Å². The van der Waals surface area contributed by atoms with E-state index in [1.807, 2.05) is 6.92 Å². The largest absolute Gasteiger partial charge is 0.292 e. The topological polar surface area (TPSA) is 30.0 Å². The molecule has 0 saturated carbocycles. The van der Waals surface area contributed by atoms with Gasteiger partial charge < -0.3 is 0 Å². The van der Waals surface area contributed by atoms with Gasteiger partial charge in [0.2, 0.25) is 0 Å². The summed E-state index contributed by atoms with van der Waals surface area (Å²) in [7, 11) is 0. The molecule has 0 unspecified atom stereocenters. The zero-order valence-corrected chi connectivity index (χ0v) is 9.90. The van der Waals surface area contributed by atoms with Crippen molar-refractivity contribution in [1.82, 2.24) is 4.98 Å². The summed E-state index contributed by atoms with van der Waals surface area (Å²) in [4.78, 5) is 15.6. The Morgan fingerprint density at radius 2 is 2.13 bits per heavy atom. The van der Waals surface area contributed by atoms with E-state index in [0.29, 0.717) is 22.9 Å². The zero-order valence-electron chi connectivity index (χ0n) is 8.39. The van der Waals surface area contributed by atoms with Gasteiger partial charge in [-0.3, -0.25) is 9.78 Å². The smallest absolute Gasteiger partial charge is 0.183 e. The van der Waals surface area contributed by atoms with Crippen LogP contribution in [-0.2, 0) is 0 Å². The third-order valence-electron chi connectivity index (χ3n) is 1.85. The highest BCUT2D eigenvalue weighted by atomic mass is 35.5. The molecule has 1 aromatic heterocycles. The molecule has 0 saturated heterocycles. The van der Waals surface area contributed by atoms with Crippen molar-refractivity contribution >= 4 is 29.0 Å². The number of hydrogen-bond donors (Lipinski definition) is 0. The number of Topliss-reactive ketones (excluding diaryl/α,β-unsaturated/α-hetero) is 1. The van der Waals surface area contributed by atoms with Crippen LogP contribution in [0, 0.1) is 0 Å². The van der Waals surface area contributed by atoms with E-state index < -0.39 is 0 Å². The quantitative estimate of drug-likeness (QED) is 0.593. The van der Waals surface area contributed by atoms with Crippen molar-refractivity contribution in [2.24, 2.45) is 0 Å². The number of aromatic nitrogens is 1. The normalized spacial score (nSPS) is 10.1. The molecule has 15 heavy (non-hydrogen) atoms. The standard InChI is InChI=1S/C11H11Cl2NO/c1-7(2)3-4-10(15)11-9(13)5-8(12)6-14-11/h5-6H,1,3-4H2,2H3. The van der Waals surface area contributed by atoms with Gasteiger partial charge in [-0.25, -0.2) is 0 Å². The maximum Gasteiger partial charge on any atom is 0.183 e. The summed E-state index contributed by atoms with van der Waals surface area (Å²) >= 11 is 11.5. The Hall–Kier alpha value is -0.860. The summed E-state index contributed by atoms with van der Waals surface area (Å²) < 4.78 is 0. The van der Waals surface area contributed by atoms with Gasteiger partial charge in [-0.2, -0.15) is 0 Å². The molecule has 0 fully saturated rings. The first-order valence-corrected chi connectivity index (χ1v) is 5.25. The minimum Gasteiger partial charge on any atom is -0.292 e. The van der Waals surface area contributed by atoms with Crippen molar-refractivity contribution in [3.63, 3.8) is 0 Å². The van der Waals surface area contributed by atoms with Crippen LogP contribution in [0.5, 0.6) is 0 Å². The lowest BCUT2D eigenvalue weighted by Gasteiger charge is -2.02. The number of pyridine rings is 1. The van der Waals surface area contributed by atoms with E-state index in [1.54, 1.807) is 0 Å². The van der Waals surface area contributed by atoms with Gasteiger partial charge >= 0.3 is 0 Å². The minimum absolute atomic E-state index is 0.0836. The van der Waals surface area contributed by atoms with Gasteiger partial charge in [0.05, 0.1) is 10.0 Å². The molecule has 0 aliphatic rings. The highest BCUT2D eigenvalue weighted by molar-refractivity contribution is 6.36. The van der Waals surface area contributed by atoms with Gasteiger partial charge in [-0.1, -0.05) is 28.8 Å².